The van der Waals surface area contributed by atoms with Gasteiger partial charge in [-0.1, -0.05) is 6.92 Å². The molecule has 0 aromatic carbocycles. The smallest absolute Gasteiger partial charge is 0.0945 e. The van der Waals surface area contributed by atoms with Crippen molar-refractivity contribution in [2.45, 2.75) is 32.3 Å². The van der Waals surface area contributed by atoms with Crippen molar-refractivity contribution in [1.29, 1.82) is 5.41 Å². The summed E-state index contributed by atoms with van der Waals surface area (Å²) < 4.78 is 5.27. The Morgan fingerprint density at radius 2 is 1.93 bits per heavy atom. The highest BCUT2D eigenvalue weighted by molar-refractivity contribution is 5.88. The fourth-order valence-corrected chi connectivity index (χ4v) is 1.91. The van der Waals surface area contributed by atoms with Gasteiger partial charge in [-0.15, -0.1) is 24.8 Å². The fraction of sp³-hybridized carbons (Fsp3) is 0.900. The second-order valence-corrected chi connectivity index (χ2v) is 3.61. The summed E-state index contributed by atoms with van der Waals surface area (Å²) in [6.45, 7) is 4.17. The summed E-state index contributed by atoms with van der Waals surface area (Å²) in [5.41, 5.74) is 0.798. The zero-order valence-electron chi connectivity index (χ0n) is 9.41. The van der Waals surface area contributed by atoms with E-state index >= 15 is 0 Å². The standard InChI is InChI=1S/C10H20N2O.2ClH/c1-3-9(13-2)10(11)8-4-6-12-7-5-8;;/h8-9,11-12H,3-7H2,1-2H3;2*1H/t9-;;/m0../s1. The van der Waals surface area contributed by atoms with Crippen LogP contribution in [0, 0.1) is 11.3 Å². The minimum atomic E-state index is 0. The Hall–Kier alpha value is 0.170. The van der Waals surface area contributed by atoms with Crippen molar-refractivity contribution >= 4 is 30.5 Å². The van der Waals surface area contributed by atoms with Gasteiger partial charge in [-0.3, -0.25) is 0 Å². The van der Waals surface area contributed by atoms with Gasteiger partial charge in [-0.2, -0.15) is 0 Å². The predicted molar refractivity (Wildman–Crippen MR) is 68.9 cm³/mol. The maximum atomic E-state index is 7.99. The molecule has 0 bridgehead atoms. The van der Waals surface area contributed by atoms with E-state index in [2.05, 4.69) is 12.2 Å². The van der Waals surface area contributed by atoms with Gasteiger partial charge in [0.05, 0.1) is 6.10 Å². The number of halogens is 2. The summed E-state index contributed by atoms with van der Waals surface area (Å²) in [7, 11) is 1.70. The molecular formula is C10H22Cl2N2O. The maximum absolute atomic E-state index is 7.99. The van der Waals surface area contributed by atoms with Crippen LogP contribution in [0.1, 0.15) is 26.2 Å². The van der Waals surface area contributed by atoms with Gasteiger partial charge in [0, 0.05) is 18.7 Å². The Kier molecular flexibility index (Phi) is 11.0. The van der Waals surface area contributed by atoms with Gasteiger partial charge in [0.15, 0.2) is 0 Å². The minimum Gasteiger partial charge on any atom is -0.376 e. The zero-order valence-corrected chi connectivity index (χ0v) is 11.0. The van der Waals surface area contributed by atoms with Crippen LogP contribution >= 0.6 is 24.8 Å². The fourth-order valence-electron chi connectivity index (χ4n) is 1.91. The van der Waals surface area contributed by atoms with Crippen LogP contribution < -0.4 is 5.32 Å². The van der Waals surface area contributed by atoms with Crippen molar-refractivity contribution in [3.63, 3.8) is 0 Å². The molecule has 1 saturated heterocycles. The number of hydrogen-bond donors (Lipinski definition) is 2. The van der Waals surface area contributed by atoms with E-state index < -0.39 is 0 Å². The summed E-state index contributed by atoms with van der Waals surface area (Å²) in [6.07, 6.45) is 3.15. The number of hydrogen-bond acceptors (Lipinski definition) is 3. The number of nitrogens with one attached hydrogen (secondary N) is 2. The van der Waals surface area contributed by atoms with E-state index in [1.165, 1.54) is 0 Å². The number of rotatable bonds is 4. The van der Waals surface area contributed by atoms with Gasteiger partial charge in [-0.25, -0.2) is 0 Å². The molecule has 1 aliphatic heterocycles. The molecule has 0 unspecified atom stereocenters. The Morgan fingerprint density at radius 3 is 2.33 bits per heavy atom. The molecule has 1 heterocycles. The lowest BCUT2D eigenvalue weighted by Crippen LogP contribution is -2.36. The van der Waals surface area contributed by atoms with Gasteiger partial charge in [0.1, 0.15) is 0 Å². The van der Waals surface area contributed by atoms with Crippen LogP contribution in [0.5, 0.6) is 0 Å². The summed E-state index contributed by atoms with van der Waals surface area (Å²) in [6, 6.07) is 0. The number of piperidine rings is 1. The molecule has 0 radical (unpaired) electrons. The third-order valence-electron chi connectivity index (χ3n) is 2.78. The summed E-state index contributed by atoms with van der Waals surface area (Å²) in [5, 5.41) is 11.3. The first-order chi connectivity index (χ1) is 6.29. The topological polar surface area (TPSA) is 45.1 Å². The molecule has 2 N–H and O–H groups in total. The van der Waals surface area contributed by atoms with E-state index in [-0.39, 0.29) is 30.9 Å². The van der Waals surface area contributed by atoms with Crippen LogP contribution in [0.15, 0.2) is 0 Å². The highest BCUT2D eigenvalue weighted by Gasteiger charge is 2.23. The van der Waals surface area contributed by atoms with Gasteiger partial charge in [0.25, 0.3) is 0 Å². The third kappa shape index (κ3) is 5.16. The van der Waals surface area contributed by atoms with Gasteiger partial charge < -0.3 is 15.5 Å². The van der Waals surface area contributed by atoms with Crippen molar-refractivity contribution in [3.05, 3.63) is 0 Å². The summed E-state index contributed by atoms with van der Waals surface area (Å²) in [4.78, 5) is 0. The molecule has 92 valence electrons. The summed E-state index contributed by atoms with van der Waals surface area (Å²) in [5.74, 6) is 0.450. The molecule has 0 aromatic rings. The third-order valence-corrected chi connectivity index (χ3v) is 2.78. The molecule has 1 rings (SSSR count). The molecule has 0 saturated carbocycles. The van der Waals surface area contributed by atoms with Crippen molar-refractivity contribution in [1.82, 2.24) is 5.32 Å². The molecule has 1 atom stereocenters. The van der Waals surface area contributed by atoms with Gasteiger partial charge >= 0.3 is 0 Å². The number of methoxy groups -OCH3 is 1. The predicted octanol–water partition coefficient (Wildman–Crippen LogP) is 2.27. The molecule has 0 aliphatic carbocycles. The summed E-state index contributed by atoms with van der Waals surface area (Å²) >= 11 is 0. The molecule has 5 heteroatoms. The van der Waals surface area contributed by atoms with Gasteiger partial charge in [-0.05, 0) is 32.4 Å². The van der Waals surface area contributed by atoms with E-state index in [9.17, 15) is 0 Å². The molecule has 0 amide bonds. The van der Waals surface area contributed by atoms with Crippen LogP contribution in [-0.4, -0.2) is 32.0 Å². The first kappa shape index (κ1) is 17.6. The molecule has 15 heavy (non-hydrogen) atoms. The highest BCUT2D eigenvalue weighted by atomic mass is 35.5. The SMILES string of the molecule is CC[C@H](OC)C(=N)C1CCNCC1.Cl.Cl. The number of ether oxygens (including phenoxy) is 1. The van der Waals surface area contributed by atoms with E-state index in [4.69, 9.17) is 10.1 Å². The Labute approximate surface area is 105 Å². The lowest BCUT2D eigenvalue weighted by atomic mass is 9.89. The van der Waals surface area contributed by atoms with Crippen molar-refractivity contribution in [2.75, 3.05) is 20.2 Å². The maximum Gasteiger partial charge on any atom is 0.0945 e. The normalized spacial score (nSPS) is 18.5. The molecule has 0 spiro atoms. The molecule has 0 aromatic heterocycles. The highest BCUT2D eigenvalue weighted by Crippen LogP contribution is 2.17. The molecule has 1 aliphatic rings. The van der Waals surface area contributed by atoms with Gasteiger partial charge in [0.2, 0.25) is 0 Å². The van der Waals surface area contributed by atoms with Crippen LogP contribution in [0.25, 0.3) is 0 Å². The second-order valence-electron chi connectivity index (χ2n) is 3.61. The van der Waals surface area contributed by atoms with Crippen molar-refractivity contribution in [3.8, 4) is 0 Å². The Bertz CT molecular complexity index is 169. The average Bonchev–Trinajstić information content (AvgIpc) is 2.21. The van der Waals surface area contributed by atoms with E-state index in [1.54, 1.807) is 7.11 Å². The Balaban J connectivity index is 0. The lowest BCUT2D eigenvalue weighted by Gasteiger charge is -2.27. The average molecular weight is 257 g/mol. The first-order valence-corrected chi connectivity index (χ1v) is 5.11. The molecule has 3 nitrogen and oxygen atoms in total. The first-order valence-electron chi connectivity index (χ1n) is 5.11. The minimum absolute atomic E-state index is 0. The monoisotopic (exact) mass is 256 g/mol. The quantitative estimate of drug-likeness (QED) is 0.759. The van der Waals surface area contributed by atoms with E-state index in [1.807, 2.05) is 0 Å². The molecule has 1 fully saturated rings. The van der Waals surface area contributed by atoms with E-state index in [0.29, 0.717) is 5.92 Å². The molecular weight excluding hydrogens is 235 g/mol. The second kappa shape index (κ2) is 9.40. The largest absolute Gasteiger partial charge is 0.376 e. The van der Waals surface area contributed by atoms with Crippen molar-refractivity contribution < 1.29 is 4.74 Å². The van der Waals surface area contributed by atoms with Crippen LogP contribution in [0.4, 0.5) is 0 Å². The van der Waals surface area contributed by atoms with Crippen LogP contribution in [0.3, 0.4) is 0 Å². The Morgan fingerprint density at radius 1 is 1.40 bits per heavy atom. The zero-order chi connectivity index (χ0) is 9.68. The lowest BCUT2D eigenvalue weighted by molar-refractivity contribution is 0.146. The van der Waals surface area contributed by atoms with E-state index in [0.717, 1.165) is 38.1 Å². The van der Waals surface area contributed by atoms with Crippen molar-refractivity contribution in [2.24, 2.45) is 5.92 Å². The van der Waals surface area contributed by atoms with Crippen LogP contribution in [0.2, 0.25) is 0 Å². The van der Waals surface area contributed by atoms with Crippen LogP contribution in [-0.2, 0) is 4.74 Å².